The number of pyridine rings is 1. The number of fused-ring (bicyclic) bond motifs is 1. The van der Waals surface area contributed by atoms with E-state index in [0.29, 0.717) is 37.6 Å². The lowest BCUT2D eigenvalue weighted by molar-refractivity contribution is -0.192. The Morgan fingerprint density at radius 1 is 1.06 bits per heavy atom. The fraction of sp³-hybridized carbons (Fsp3) is 0.406. The van der Waals surface area contributed by atoms with E-state index in [1.54, 1.807) is 18.0 Å². The minimum Gasteiger partial charge on any atom is -0.480 e. The maximum absolute atomic E-state index is 13.2. The number of aliphatic carboxylic acids is 2. The minimum absolute atomic E-state index is 0.00859. The van der Waals surface area contributed by atoms with Crippen LogP contribution in [0.15, 0.2) is 66.9 Å². The summed E-state index contributed by atoms with van der Waals surface area (Å²) in [5.74, 6) is -2.84. The van der Waals surface area contributed by atoms with Gasteiger partial charge in [0.2, 0.25) is 11.8 Å². The number of carbonyl (C=O) groups excluding carboxylic acids is 2. The first kappa shape index (κ1) is 37.1. The molecular formula is C32H38F3N5O6S. The van der Waals surface area contributed by atoms with Crippen LogP contribution in [0.1, 0.15) is 24.8 Å². The number of aromatic nitrogens is 1. The Morgan fingerprint density at radius 2 is 1.77 bits per heavy atom. The summed E-state index contributed by atoms with van der Waals surface area (Å²) in [4.78, 5) is 55.1. The number of carbonyl (C=O) groups is 4. The lowest BCUT2D eigenvalue weighted by Crippen LogP contribution is -2.49. The molecule has 2 heterocycles. The monoisotopic (exact) mass is 677 g/mol. The molecule has 1 fully saturated rings. The third kappa shape index (κ3) is 12.1. The number of likely N-dealkylation sites (tertiary alicyclic amines) is 1. The van der Waals surface area contributed by atoms with Crippen LogP contribution >= 0.6 is 11.8 Å². The zero-order valence-electron chi connectivity index (χ0n) is 25.8. The SMILES string of the molecule is CSCCC(NC(=O)CN(Cc1cccc2ccccc12)C[C@@H]1CCCN1C(=O)CNc1ccccn1)C(=O)O.O=C(O)C(F)(F)F. The minimum atomic E-state index is -5.08. The van der Waals surface area contributed by atoms with Crippen LogP contribution in [0.3, 0.4) is 0 Å². The second-order valence-corrected chi connectivity index (χ2v) is 11.8. The molecule has 1 unspecified atom stereocenters. The van der Waals surface area contributed by atoms with E-state index in [2.05, 4.69) is 39.9 Å². The summed E-state index contributed by atoms with van der Waals surface area (Å²) in [5.41, 5.74) is 1.08. The van der Waals surface area contributed by atoms with Crippen LogP contribution in [-0.2, 0) is 25.7 Å². The van der Waals surface area contributed by atoms with E-state index in [-0.39, 0.29) is 30.9 Å². The number of nitrogens with zero attached hydrogens (tertiary/aromatic N) is 3. The van der Waals surface area contributed by atoms with Gasteiger partial charge in [-0.2, -0.15) is 24.9 Å². The van der Waals surface area contributed by atoms with Gasteiger partial charge in [-0.25, -0.2) is 14.6 Å². The highest BCUT2D eigenvalue weighted by Gasteiger charge is 2.38. The fourth-order valence-corrected chi connectivity index (χ4v) is 5.65. The zero-order chi connectivity index (χ0) is 34.4. The van der Waals surface area contributed by atoms with E-state index in [1.807, 2.05) is 52.5 Å². The van der Waals surface area contributed by atoms with Gasteiger partial charge in [-0.3, -0.25) is 14.5 Å². The molecule has 254 valence electrons. The van der Waals surface area contributed by atoms with Crippen molar-refractivity contribution < 1.29 is 42.6 Å². The van der Waals surface area contributed by atoms with Crippen molar-refractivity contribution in [2.24, 2.45) is 0 Å². The smallest absolute Gasteiger partial charge is 0.480 e. The van der Waals surface area contributed by atoms with Crippen molar-refractivity contribution in [1.82, 2.24) is 20.1 Å². The largest absolute Gasteiger partial charge is 0.490 e. The highest BCUT2D eigenvalue weighted by atomic mass is 32.2. The average Bonchev–Trinajstić information content (AvgIpc) is 3.50. The quantitative estimate of drug-likeness (QED) is 0.196. The third-order valence-electron chi connectivity index (χ3n) is 7.38. The second-order valence-electron chi connectivity index (χ2n) is 10.8. The molecule has 0 spiro atoms. The first-order valence-corrected chi connectivity index (χ1v) is 16.2. The maximum atomic E-state index is 13.2. The number of amides is 2. The third-order valence-corrected chi connectivity index (χ3v) is 8.02. The molecule has 4 rings (SSSR count). The number of hydrogen-bond acceptors (Lipinski definition) is 8. The predicted molar refractivity (Wildman–Crippen MR) is 173 cm³/mol. The predicted octanol–water partition coefficient (Wildman–Crippen LogP) is 4.10. The second kappa shape index (κ2) is 18.1. The number of rotatable bonds is 14. The number of carboxylic acids is 2. The van der Waals surface area contributed by atoms with Crippen molar-refractivity contribution in [2.45, 2.75) is 44.1 Å². The Labute approximate surface area is 274 Å². The Kier molecular flexibility index (Phi) is 14.3. The van der Waals surface area contributed by atoms with Gasteiger partial charge in [-0.15, -0.1) is 0 Å². The van der Waals surface area contributed by atoms with Crippen LogP contribution in [0.25, 0.3) is 10.8 Å². The lowest BCUT2D eigenvalue weighted by Gasteiger charge is -2.31. The molecule has 47 heavy (non-hydrogen) atoms. The van der Waals surface area contributed by atoms with Gasteiger partial charge in [0.25, 0.3) is 0 Å². The molecule has 15 heteroatoms. The van der Waals surface area contributed by atoms with E-state index in [9.17, 15) is 32.7 Å². The molecular weight excluding hydrogens is 639 g/mol. The number of hydrogen-bond donors (Lipinski definition) is 4. The standard InChI is InChI=1S/C30H37N5O4S.C2HF3O2/c1-40-17-14-26(30(38)39)33-28(36)21-34(19-23-10-6-9-22-8-2-3-12-25(22)23)20-24-11-7-16-35(24)29(37)18-32-27-13-4-5-15-31-27;3-2(4,5)1(6)7/h2-6,8-10,12-13,15,24,26H,7,11,14,16-21H2,1H3,(H,31,32)(H,33,36)(H,38,39);(H,6,7)/t24-,26?;/m0./s1. The van der Waals surface area contributed by atoms with Crippen molar-refractivity contribution in [3.63, 3.8) is 0 Å². The normalized spacial score (nSPS) is 15.1. The zero-order valence-corrected chi connectivity index (χ0v) is 26.6. The Bertz CT molecular complexity index is 1490. The van der Waals surface area contributed by atoms with Gasteiger partial charge < -0.3 is 25.7 Å². The van der Waals surface area contributed by atoms with Crippen molar-refractivity contribution in [2.75, 3.05) is 43.5 Å². The van der Waals surface area contributed by atoms with Gasteiger partial charge >= 0.3 is 18.1 Å². The topological polar surface area (TPSA) is 152 Å². The van der Waals surface area contributed by atoms with E-state index >= 15 is 0 Å². The van der Waals surface area contributed by atoms with E-state index in [4.69, 9.17) is 9.90 Å². The van der Waals surface area contributed by atoms with Gasteiger partial charge in [0, 0.05) is 31.9 Å². The first-order valence-electron chi connectivity index (χ1n) is 14.8. The summed E-state index contributed by atoms with van der Waals surface area (Å²) in [6.07, 6.45) is 0.600. The van der Waals surface area contributed by atoms with E-state index in [0.717, 1.165) is 29.2 Å². The summed E-state index contributed by atoms with van der Waals surface area (Å²) in [6, 6.07) is 18.8. The summed E-state index contributed by atoms with van der Waals surface area (Å²) in [6.45, 7) is 1.86. The van der Waals surface area contributed by atoms with Crippen LogP contribution in [0.2, 0.25) is 0 Å². The number of halogens is 3. The summed E-state index contributed by atoms with van der Waals surface area (Å²) in [7, 11) is 0. The Morgan fingerprint density at radius 3 is 2.43 bits per heavy atom. The number of benzene rings is 2. The van der Waals surface area contributed by atoms with E-state index < -0.39 is 24.2 Å². The van der Waals surface area contributed by atoms with E-state index in [1.165, 1.54) is 0 Å². The van der Waals surface area contributed by atoms with Gasteiger partial charge in [0.1, 0.15) is 11.9 Å². The van der Waals surface area contributed by atoms with Gasteiger partial charge in [0.15, 0.2) is 0 Å². The average molecular weight is 678 g/mol. The highest BCUT2D eigenvalue weighted by Crippen LogP contribution is 2.23. The van der Waals surface area contributed by atoms with Crippen molar-refractivity contribution in [3.05, 3.63) is 72.4 Å². The molecule has 2 atom stereocenters. The molecule has 0 saturated carbocycles. The molecule has 2 amide bonds. The molecule has 0 bridgehead atoms. The molecule has 1 aliphatic rings. The van der Waals surface area contributed by atoms with Crippen LogP contribution in [0.4, 0.5) is 19.0 Å². The first-order chi connectivity index (χ1) is 22.4. The van der Waals surface area contributed by atoms with Crippen molar-refractivity contribution in [1.29, 1.82) is 0 Å². The molecule has 1 aromatic heterocycles. The van der Waals surface area contributed by atoms with Crippen LogP contribution in [-0.4, -0.2) is 105 Å². The highest BCUT2D eigenvalue weighted by molar-refractivity contribution is 7.98. The Balaban J connectivity index is 0.000000771. The van der Waals surface area contributed by atoms with Crippen molar-refractivity contribution in [3.8, 4) is 0 Å². The summed E-state index contributed by atoms with van der Waals surface area (Å²) >= 11 is 1.55. The summed E-state index contributed by atoms with van der Waals surface area (Å²) in [5, 5.41) is 24.8. The number of anilines is 1. The molecule has 2 aromatic carbocycles. The molecule has 4 N–H and O–H groups in total. The number of alkyl halides is 3. The van der Waals surface area contributed by atoms with Gasteiger partial charge in [-0.1, -0.05) is 48.5 Å². The molecule has 11 nitrogen and oxygen atoms in total. The molecule has 3 aromatic rings. The van der Waals surface area contributed by atoms with Gasteiger partial charge in [-0.05, 0) is 59.7 Å². The van der Waals surface area contributed by atoms with Crippen molar-refractivity contribution >= 4 is 52.1 Å². The van der Waals surface area contributed by atoms with Crippen LogP contribution in [0, 0.1) is 0 Å². The molecule has 0 aliphatic carbocycles. The van der Waals surface area contributed by atoms with Crippen LogP contribution in [0.5, 0.6) is 0 Å². The Hall–Kier alpha value is -4.37. The summed E-state index contributed by atoms with van der Waals surface area (Å²) < 4.78 is 31.7. The number of nitrogens with one attached hydrogen (secondary N) is 2. The maximum Gasteiger partial charge on any atom is 0.490 e. The fourth-order valence-electron chi connectivity index (χ4n) is 5.18. The van der Waals surface area contributed by atoms with Crippen LogP contribution < -0.4 is 10.6 Å². The van der Waals surface area contributed by atoms with Gasteiger partial charge in [0.05, 0.1) is 13.1 Å². The molecule has 1 aliphatic heterocycles. The lowest BCUT2D eigenvalue weighted by atomic mass is 10.0. The number of thioether (sulfide) groups is 1. The number of carboxylic acid groups (broad SMARTS) is 2. The molecule has 0 radical (unpaired) electrons. The molecule has 1 saturated heterocycles.